The van der Waals surface area contributed by atoms with Gasteiger partial charge in [-0.1, -0.05) is 52.8 Å². The number of phenolic OH excluding ortho intramolecular Hbond substituents is 1. The Kier molecular flexibility index (Phi) is 4.49. The predicted octanol–water partition coefficient (Wildman–Crippen LogP) is 4.39. The highest BCUT2D eigenvalue weighted by Crippen LogP contribution is 2.36. The van der Waals surface area contributed by atoms with Crippen LogP contribution in [0.5, 0.6) is 5.75 Å². The minimum Gasteiger partial charge on any atom is -0.506 e. The van der Waals surface area contributed by atoms with E-state index in [2.05, 4.69) is 10.3 Å². The Morgan fingerprint density at radius 3 is 2.46 bits per heavy atom. The topological polar surface area (TPSA) is 79.3 Å². The molecule has 2 aromatic carbocycles. The van der Waals surface area contributed by atoms with Crippen LogP contribution >= 0.6 is 22.9 Å². The largest absolute Gasteiger partial charge is 0.506 e. The number of aromatic nitrogens is 1. The molecule has 124 valence electrons. The first kappa shape index (κ1) is 16.8. The average Bonchev–Trinajstić information content (AvgIpc) is 2.91. The highest BCUT2D eigenvalue weighted by Gasteiger charge is 2.25. The van der Waals surface area contributed by atoms with Gasteiger partial charge in [-0.05, 0) is 31.2 Å². The number of halogens is 1. The van der Waals surface area contributed by atoms with E-state index in [4.69, 9.17) is 11.6 Å². The standard InChI is InChI=1S/C16H13ClN2O3S2/c1-10-6-8-11(9-7-10)24(21,22)15-14(17)23-16(19-15)18-12-4-2-3-5-13(12)20/h2-9,20H,1H3,(H,18,19). The van der Waals surface area contributed by atoms with Crippen LogP contribution in [0, 0.1) is 6.92 Å². The molecular weight excluding hydrogens is 368 g/mol. The van der Waals surface area contributed by atoms with Gasteiger partial charge in [0.05, 0.1) is 10.6 Å². The Labute approximate surface area is 148 Å². The fraction of sp³-hybridized carbons (Fsp3) is 0.0625. The molecule has 0 radical (unpaired) electrons. The second-order valence-corrected chi connectivity index (χ2v) is 8.52. The summed E-state index contributed by atoms with van der Waals surface area (Å²) >= 11 is 7.09. The molecule has 0 bridgehead atoms. The lowest BCUT2D eigenvalue weighted by molar-refractivity contribution is 0.478. The Balaban J connectivity index is 1.97. The van der Waals surface area contributed by atoms with E-state index in [-0.39, 0.29) is 25.1 Å². The molecule has 8 heteroatoms. The van der Waals surface area contributed by atoms with Gasteiger partial charge in [0.25, 0.3) is 0 Å². The van der Waals surface area contributed by atoms with E-state index < -0.39 is 9.84 Å². The van der Waals surface area contributed by atoms with Crippen LogP contribution in [0.1, 0.15) is 5.56 Å². The van der Waals surface area contributed by atoms with Crippen LogP contribution in [0.2, 0.25) is 4.34 Å². The van der Waals surface area contributed by atoms with E-state index in [1.54, 1.807) is 30.3 Å². The van der Waals surface area contributed by atoms with Crippen molar-refractivity contribution < 1.29 is 13.5 Å². The number of rotatable bonds is 4. The van der Waals surface area contributed by atoms with Crippen molar-refractivity contribution in [1.29, 1.82) is 0 Å². The van der Waals surface area contributed by atoms with Crippen LogP contribution < -0.4 is 5.32 Å². The second kappa shape index (κ2) is 6.43. The van der Waals surface area contributed by atoms with Gasteiger partial charge in [-0.15, -0.1) is 0 Å². The molecule has 0 atom stereocenters. The third-order valence-electron chi connectivity index (χ3n) is 3.29. The molecule has 24 heavy (non-hydrogen) atoms. The maximum atomic E-state index is 12.7. The van der Waals surface area contributed by atoms with E-state index in [0.717, 1.165) is 16.9 Å². The molecule has 0 aliphatic rings. The minimum absolute atomic E-state index is 0.0340. The SMILES string of the molecule is Cc1ccc(S(=O)(=O)c2nc(Nc3ccccc3O)sc2Cl)cc1. The monoisotopic (exact) mass is 380 g/mol. The van der Waals surface area contributed by atoms with Crippen LogP contribution in [0.4, 0.5) is 10.8 Å². The fourth-order valence-corrected chi connectivity index (χ4v) is 4.85. The number of benzene rings is 2. The zero-order valence-corrected chi connectivity index (χ0v) is 14.9. The number of sulfone groups is 1. The summed E-state index contributed by atoms with van der Waals surface area (Å²) in [6.45, 7) is 1.88. The maximum absolute atomic E-state index is 12.7. The summed E-state index contributed by atoms with van der Waals surface area (Å²) in [4.78, 5) is 4.23. The van der Waals surface area contributed by atoms with Crippen LogP contribution in [-0.2, 0) is 9.84 Å². The molecule has 0 unspecified atom stereocenters. The number of anilines is 2. The molecule has 1 heterocycles. The van der Waals surface area contributed by atoms with E-state index in [9.17, 15) is 13.5 Å². The van der Waals surface area contributed by atoms with Crippen molar-refractivity contribution >= 4 is 43.6 Å². The maximum Gasteiger partial charge on any atom is 0.226 e. The molecule has 0 spiro atoms. The first-order chi connectivity index (χ1) is 11.4. The minimum atomic E-state index is -3.80. The van der Waals surface area contributed by atoms with Crippen molar-refractivity contribution in [3.05, 3.63) is 58.4 Å². The van der Waals surface area contributed by atoms with Crippen LogP contribution in [0.15, 0.2) is 58.5 Å². The predicted molar refractivity (Wildman–Crippen MR) is 95.1 cm³/mol. The normalized spacial score (nSPS) is 11.4. The van der Waals surface area contributed by atoms with E-state index in [0.29, 0.717) is 5.69 Å². The molecule has 0 aliphatic carbocycles. The summed E-state index contributed by atoms with van der Waals surface area (Å²) in [6, 6.07) is 13.1. The van der Waals surface area contributed by atoms with Crippen molar-refractivity contribution in [1.82, 2.24) is 4.98 Å². The number of hydrogen-bond donors (Lipinski definition) is 2. The highest BCUT2D eigenvalue weighted by molar-refractivity contribution is 7.91. The Morgan fingerprint density at radius 1 is 1.12 bits per heavy atom. The number of hydrogen-bond acceptors (Lipinski definition) is 6. The summed E-state index contributed by atoms with van der Waals surface area (Å²) in [6.07, 6.45) is 0. The first-order valence-corrected chi connectivity index (χ1v) is 9.59. The van der Waals surface area contributed by atoms with Crippen molar-refractivity contribution in [2.75, 3.05) is 5.32 Å². The number of aryl methyl sites for hydroxylation is 1. The molecule has 2 N–H and O–H groups in total. The lowest BCUT2D eigenvalue weighted by atomic mass is 10.2. The number of aromatic hydroxyl groups is 1. The molecule has 0 aliphatic heterocycles. The molecule has 3 aromatic rings. The van der Waals surface area contributed by atoms with Gasteiger partial charge in [0, 0.05) is 0 Å². The Hall–Kier alpha value is -2.09. The first-order valence-electron chi connectivity index (χ1n) is 6.91. The van der Waals surface area contributed by atoms with E-state index >= 15 is 0 Å². The molecule has 0 amide bonds. The molecular formula is C16H13ClN2O3S2. The third-order valence-corrected chi connectivity index (χ3v) is 6.40. The Bertz CT molecular complexity index is 983. The van der Waals surface area contributed by atoms with Crippen molar-refractivity contribution in [3.63, 3.8) is 0 Å². The lowest BCUT2D eigenvalue weighted by Crippen LogP contribution is -2.03. The van der Waals surface area contributed by atoms with Gasteiger partial charge >= 0.3 is 0 Å². The fourth-order valence-electron chi connectivity index (χ4n) is 2.03. The summed E-state index contributed by atoms with van der Waals surface area (Å²) in [5, 5.41) is 12.7. The number of phenols is 1. The highest BCUT2D eigenvalue weighted by atomic mass is 35.5. The number of para-hydroxylation sites is 2. The summed E-state index contributed by atoms with van der Waals surface area (Å²) in [5.41, 5.74) is 1.38. The van der Waals surface area contributed by atoms with Crippen LogP contribution in [0.25, 0.3) is 0 Å². The number of nitrogens with one attached hydrogen (secondary N) is 1. The summed E-state index contributed by atoms with van der Waals surface area (Å²) in [7, 11) is -3.80. The lowest BCUT2D eigenvalue weighted by Gasteiger charge is -2.04. The van der Waals surface area contributed by atoms with E-state index in [1.807, 2.05) is 6.92 Å². The Morgan fingerprint density at radius 2 is 1.79 bits per heavy atom. The van der Waals surface area contributed by atoms with Crippen LogP contribution in [0.3, 0.4) is 0 Å². The molecule has 0 saturated carbocycles. The van der Waals surface area contributed by atoms with Gasteiger partial charge in [-0.2, -0.15) is 0 Å². The quantitative estimate of drug-likeness (QED) is 0.656. The molecule has 0 saturated heterocycles. The molecule has 3 rings (SSSR count). The van der Waals surface area contributed by atoms with Crippen molar-refractivity contribution in [2.45, 2.75) is 16.8 Å². The van der Waals surface area contributed by atoms with Gasteiger partial charge in [-0.25, -0.2) is 13.4 Å². The van der Waals surface area contributed by atoms with Gasteiger partial charge in [0.1, 0.15) is 10.1 Å². The number of nitrogens with zero attached hydrogens (tertiary/aromatic N) is 1. The summed E-state index contributed by atoms with van der Waals surface area (Å²) in [5.74, 6) is 0.0340. The van der Waals surface area contributed by atoms with Gasteiger partial charge in [0.15, 0.2) is 10.2 Å². The summed E-state index contributed by atoms with van der Waals surface area (Å²) < 4.78 is 25.4. The zero-order valence-electron chi connectivity index (χ0n) is 12.5. The molecule has 5 nitrogen and oxygen atoms in total. The van der Waals surface area contributed by atoms with E-state index in [1.165, 1.54) is 18.2 Å². The second-order valence-electron chi connectivity index (χ2n) is 5.06. The van der Waals surface area contributed by atoms with Crippen molar-refractivity contribution in [2.24, 2.45) is 0 Å². The average molecular weight is 381 g/mol. The number of thiazole rings is 1. The smallest absolute Gasteiger partial charge is 0.226 e. The van der Waals surface area contributed by atoms with Crippen molar-refractivity contribution in [3.8, 4) is 5.75 Å². The zero-order chi connectivity index (χ0) is 17.3. The molecule has 0 fully saturated rings. The third kappa shape index (κ3) is 3.24. The van der Waals surface area contributed by atoms with Gasteiger partial charge < -0.3 is 10.4 Å². The van der Waals surface area contributed by atoms with Gasteiger partial charge in [-0.3, -0.25) is 0 Å². The van der Waals surface area contributed by atoms with Gasteiger partial charge in [0.2, 0.25) is 9.84 Å². The van der Waals surface area contributed by atoms with Crippen LogP contribution in [-0.4, -0.2) is 18.5 Å². The molecule has 1 aromatic heterocycles.